The van der Waals surface area contributed by atoms with Gasteiger partial charge < -0.3 is 19.5 Å². The molecule has 33 heavy (non-hydrogen) atoms. The van der Waals surface area contributed by atoms with E-state index in [0.717, 1.165) is 11.8 Å². The average molecular weight is 478 g/mol. The van der Waals surface area contributed by atoms with Crippen LogP contribution in [0.1, 0.15) is 33.3 Å². The lowest BCUT2D eigenvalue weighted by Gasteiger charge is -2.20. The molecule has 2 rings (SSSR count). The van der Waals surface area contributed by atoms with Gasteiger partial charge in [-0.1, -0.05) is 30.3 Å². The Hall–Kier alpha value is -3.07. The fourth-order valence-electron chi connectivity index (χ4n) is 3.04. The number of esters is 1. The van der Waals surface area contributed by atoms with Gasteiger partial charge in [-0.15, -0.1) is 0 Å². The first-order valence-electron chi connectivity index (χ1n) is 10.6. The number of benzene rings is 2. The minimum atomic E-state index is -3.45. The minimum absolute atomic E-state index is 0.195. The molecule has 2 aromatic rings. The Labute approximate surface area is 195 Å². The van der Waals surface area contributed by atoms with Crippen molar-refractivity contribution in [3.05, 3.63) is 48.0 Å². The fourth-order valence-corrected chi connectivity index (χ4v) is 3.96. The molecule has 0 saturated carbocycles. The minimum Gasteiger partial charge on any atom is -0.482 e. The molecule has 0 atom stereocenters. The van der Waals surface area contributed by atoms with E-state index in [1.165, 1.54) is 0 Å². The summed E-state index contributed by atoms with van der Waals surface area (Å²) in [6.45, 7) is 7.26. The summed E-state index contributed by atoms with van der Waals surface area (Å²) < 4.78 is 40.3. The second-order valence-electron chi connectivity index (χ2n) is 8.36. The Kier molecular flexibility index (Phi) is 8.87. The Balaban J connectivity index is 2.29. The van der Waals surface area contributed by atoms with Gasteiger partial charge in [-0.25, -0.2) is 18.0 Å². The first kappa shape index (κ1) is 26.2. The monoisotopic (exact) mass is 477 g/mol. The lowest BCUT2D eigenvalue weighted by molar-refractivity contribution is -0.145. The maximum atomic E-state index is 12.2. The smallest absolute Gasteiger partial charge is 0.407 e. The number of rotatable bonds is 9. The van der Waals surface area contributed by atoms with Crippen LogP contribution in [0.25, 0.3) is 11.1 Å². The van der Waals surface area contributed by atoms with Crippen molar-refractivity contribution in [3.8, 4) is 16.9 Å². The molecule has 0 aromatic heterocycles. The summed E-state index contributed by atoms with van der Waals surface area (Å²) in [4.78, 5) is 23.9. The van der Waals surface area contributed by atoms with Crippen molar-refractivity contribution in [1.29, 1.82) is 0 Å². The van der Waals surface area contributed by atoms with Gasteiger partial charge in [0.25, 0.3) is 0 Å². The number of amides is 1. The summed E-state index contributed by atoms with van der Waals surface area (Å²) in [6.07, 6.45) is 1.03. The standard InChI is InChI=1S/C24H31NO7S/c1-6-30-22(26)16-31-20-15-18(19-9-7-8-10-21(19)33(5,28)29)12-11-17(20)13-14-25-23(27)32-24(2,3)4/h7-12,15H,6,13-14,16H2,1-5H3,(H,25,27). The van der Waals surface area contributed by atoms with Gasteiger partial charge in [-0.2, -0.15) is 0 Å². The molecule has 180 valence electrons. The van der Waals surface area contributed by atoms with Crippen molar-refractivity contribution >= 4 is 21.9 Å². The van der Waals surface area contributed by atoms with Crippen LogP contribution < -0.4 is 10.1 Å². The molecule has 0 spiro atoms. The molecular formula is C24H31NO7S. The van der Waals surface area contributed by atoms with Crippen LogP contribution >= 0.6 is 0 Å². The van der Waals surface area contributed by atoms with Crippen LogP contribution in [0, 0.1) is 0 Å². The molecule has 0 aliphatic heterocycles. The van der Waals surface area contributed by atoms with E-state index in [1.807, 2.05) is 0 Å². The topological polar surface area (TPSA) is 108 Å². The van der Waals surface area contributed by atoms with Crippen LogP contribution in [0.4, 0.5) is 4.79 Å². The highest BCUT2D eigenvalue weighted by Gasteiger charge is 2.18. The Bertz CT molecular complexity index is 1090. The molecule has 0 aliphatic carbocycles. The lowest BCUT2D eigenvalue weighted by atomic mass is 10.0. The maximum absolute atomic E-state index is 12.2. The summed E-state index contributed by atoms with van der Waals surface area (Å²) in [5.41, 5.74) is 1.28. The quantitative estimate of drug-likeness (QED) is 0.548. The molecule has 0 aliphatic rings. The van der Waals surface area contributed by atoms with Gasteiger partial charge in [0, 0.05) is 18.4 Å². The fraction of sp³-hybridized carbons (Fsp3) is 0.417. The number of sulfone groups is 1. The zero-order valence-corrected chi connectivity index (χ0v) is 20.5. The summed E-state index contributed by atoms with van der Waals surface area (Å²) in [7, 11) is -3.45. The molecule has 0 fully saturated rings. The van der Waals surface area contributed by atoms with Crippen LogP contribution in [0.3, 0.4) is 0 Å². The number of nitrogens with one attached hydrogen (secondary N) is 1. The highest BCUT2D eigenvalue weighted by Crippen LogP contribution is 2.32. The van der Waals surface area contributed by atoms with E-state index < -0.39 is 27.5 Å². The van der Waals surface area contributed by atoms with Crippen molar-refractivity contribution in [2.24, 2.45) is 0 Å². The summed E-state index contributed by atoms with van der Waals surface area (Å²) >= 11 is 0. The third-order valence-electron chi connectivity index (χ3n) is 4.38. The second kappa shape index (κ2) is 11.2. The van der Waals surface area contributed by atoms with E-state index >= 15 is 0 Å². The predicted molar refractivity (Wildman–Crippen MR) is 125 cm³/mol. The predicted octanol–water partition coefficient (Wildman–Crippen LogP) is 3.77. The number of alkyl carbamates (subject to hydrolysis) is 1. The lowest BCUT2D eigenvalue weighted by Crippen LogP contribution is -2.33. The highest BCUT2D eigenvalue weighted by molar-refractivity contribution is 7.90. The Morgan fingerprint density at radius 1 is 1.06 bits per heavy atom. The van der Waals surface area contributed by atoms with E-state index in [-0.39, 0.29) is 24.7 Å². The van der Waals surface area contributed by atoms with Crippen LogP contribution in [0.15, 0.2) is 47.4 Å². The van der Waals surface area contributed by atoms with E-state index in [9.17, 15) is 18.0 Å². The van der Waals surface area contributed by atoms with Crippen LogP contribution in [0.5, 0.6) is 5.75 Å². The molecular weight excluding hydrogens is 446 g/mol. The van der Waals surface area contributed by atoms with E-state index in [1.54, 1.807) is 70.2 Å². The Morgan fingerprint density at radius 2 is 1.76 bits per heavy atom. The van der Waals surface area contributed by atoms with Gasteiger partial charge >= 0.3 is 12.1 Å². The van der Waals surface area contributed by atoms with Crippen molar-refractivity contribution < 1.29 is 32.2 Å². The van der Waals surface area contributed by atoms with Crippen molar-refractivity contribution in [2.75, 3.05) is 26.0 Å². The number of ether oxygens (including phenoxy) is 3. The SMILES string of the molecule is CCOC(=O)COc1cc(-c2ccccc2S(C)(=O)=O)ccc1CCNC(=O)OC(C)(C)C. The number of hydrogen-bond donors (Lipinski definition) is 1. The zero-order chi connectivity index (χ0) is 24.6. The molecule has 9 heteroatoms. The van der Waals surface area contributed by atoms with Crippen LogP contribution in [0.2, 0.25) is 0 Å². The largest absolute Gasteiger partial charge is 0.482 e. The molecule has 1 amide bonds. The first-order valence-corrected chi connectivity index (χ1v) is 12.5. The van der Waals surface area contributed by atoms with Crippen molar-refractivity contribution in [1.82, 2.24) is 5.32 Å². The third-order valence-corrected chi connectivity index (χ3v) is 5.53. The summed E-state index contributed by atoms with van der Waals surface area (Å²) in [5.74, 6) is -0.118. The maximum Gasteiger partial charge on any atom is 0.407 e. The van der Waals surface area contributed by atoms with Gasteiger partial charge in [0.15, 0.2) is 16.4 Å². The third kappa shape index (κ3) is 8.42. The van der Waals surface area contributed by atoms with Crippen LogP contribution in [-0.2, 0) is 30.5 Å². The molecule has 0 unspecified atom stereocenters. The zero-order valence-electron chi connectivity index (χ0n) is 19.6. The number of carbonyl (C=O) groups excluding carboxylic acids is 2. The van der Waals surface area contributed by atoms with E-state index in [2.05, 4.69) is 5.32 Å². The van der Waals surface area contributed by atoms with Gasteiger partial charge in [-0.05, 0) is 57.4 Å². The number of hydrogen-bond acceptors (Lipinski definition) is 7. The van der Waals surface area contributed by atoms with Gasteiger partial charge in [0.05, 0.1) is 11.5 Å². The van der Waals surface area contributed by atoms with Crippen LogP contribution in [-0.4, -0.2) is 52.1 Å². The van der Waals surface area contributed by atoms with Gasteiger partial charge in [-0.3, -0.25) is 0 Å². The van der Waals surface area contributed by atoms with Gasteiger partial charge in [0.1, 0.15) is 11.4 Å². The number of carbonyl (C=O) groups is 2. The molecule has 0 saturated heterocycles. The molecule has 0 bridgehead atoms. The van der Waals surface area contributed by atoms with Crippen molar-refractivity contribution in [3.63, 3.8) is 0 Å². The molecule has 0 heterocycles. The summed E-state index contributed by atoms with van der Waals surface area (Å²) in [6, 6.07) is 11.9. The Morgan fingerprint density at radius 3 is 2.39 bits per heavy atom. The normalized spacial score (nSPS) is 11.5. The van der Waals surface area contributed by atoms with Gasteiger partial charge in [0.2, 0.25) is 0 Å². The van der Waals surface area contributed by atoms with E-state index in [4.69, 9.17) is 14.2 Å². The summed E-state index contributed by atoms with van der Waals surface area (Å²) in [5, 5.41) is 2.69. The van der Waals surface area contributed by atoms with Crippen molar-refractivity contribution in [2.45, 2.75) is 44.6 Å². The molecule has 0 radical (unpaired) electrons. The van der Waals surface area contributed by atoms with E-state index in [0.29, 0.717) is 23.3 Å². The molecule has 2 aromatic carbocycles. The second-order valence-corrected chi connectivity index (χ2v) is 10.3. The average Bonchev–Trinajstić information content (AvgIpc) is 2.71. The molecule has 8 nitrogen and oxygen atoms in total. The molecule has 1 N–H and O–H groups in total. The highest BCUT2D eigenvalue weighted by atomic mass is 32.2. The first-order chi connectivity index (χ1) is 15.4.